The maximum atomic E-state index is 13.2. The third kappa shape index (κ3) is 3.95. The third-order valence-electron chi connectivity index (χ3n) is 4.96. The summed E-state index contributed by atoms with van der Waals surface area (Å²) in [7, 11) is 0. The number of carbonyl (C=O) groups is 1. The van der Waals surface area contributed by atoms with Crippen LogP contribution in [0.5, 0.6) is 0 Å². The molecule has 1 aromatic carbocycles. The highest BCUT2D eigenvalue weighted by Gasteiger charge is 2.42. The number of amides is 1. The number of hydrogen-bond acceptors (Lipinski definition) is 4. The Morgan fingerprint density at radius 2 is 1.96 bits per heavy atom. The summed E-state index contributed by atoms with van der Waals surface area (Å²) >= 11 is 0. The summed E-state index contributed by atoms with van der Waals surface area (Å²) in [6.07, 6.45) is 5.03. The number of halogens is 2. The van der Waals surface area contributed by atoms with Gasteiger partial charge in [-0.3, -0.25) is 9.48 Å². The Balaban J connectivity index is 0.00000131. The summed E-state index contributed by atoms with van der Waals surface area (Å²) in [5.74, 6) is 0.754. The van der Waals surface area contributed by atoms with Gasteiger partial charge in [0.1, 0.15) is 11.4 Å². The van der Waals surface area contributed by atoms with Crippen LogP contribution in [0.1, 0.15) is 31.6 Å². The Morgan fingerprint density at radius 1 is 1.22 bits per heavy atom. The quantitative estimate of drug-likeness (QED) is 0.616. The number of fused-ring (bicyclic) bond motifs is 1. The molecule has 1 aliphatic rings. The molecule has 0 bridgehead atoms. The molecule has 0 saturated carbocycles. The van der Waals surface area contributed by atoms with E-state index >= 15 is 0 Å². The molecular formula is C18H24Cl2N6O. The van der Waals surface area contributed by atoms with Crippen LogP contribution in [0.15, 0.2) is 42.7 Å². The first kappa shape index (κ1) is 21.2. The summed E-state index contributed by atoms with van der Waals surface area (Å²) < 4.78 is 1.80. The predicted molar refractivity (Wildman–Crippen MR) is 109 cm³/mol. The van der Waals surface area contributed by atoms with Crippen LogP contribution in [0.4, 0.5) is 0 Å². The molecule has 1 fully saturated rings. The second-order valence-electron chi connectivity index (χ2n) is 6.57. The summed E-state index contributed by atoms with van der Waals surface area (Å²) in [4.78, 5) is 21.1. The van der Waals surface area contributed by atoms with E-state index in [1.807, 2.05) is 43.5 Å². The number of aromatic amines is 1. The first-order valence-corrected chi connectivity index (χ1v) is 8.65. The van der Waals surface area contributed by atoms with Crippen molar-refractivity contribution in [1.82, 2.24) is 30.4 Å². The molecule has 3 aromatic rings. The van der Waals surface area contributed by atoms with Crippen molar-refractivity contribution in [2.75, 3.05) is 13.1 Å². The largest absolute Gasteiger partial charge is 0.344 e. The van der Waals surface area contributed by atoms with Gasteiger partial charge in [0.05, 0.1) is 17.1 Å². The van der Waals surface area contributed by atoms with Crippen molar-refractivity contribution in [3.63, 3.8) is 0 Å². The van der Waals surface area contributed by atoms with Crippen molar-refractivity contribution in [3.05, 3.63) is 48.5 Å². The highest BCUT2D eigenvalue weighted by Crippen LogP contribution is 2.28. The average Bonchev–Trinajstić information content (AvgIpc) is 3.32. The molecule has 1 aliphatic heterocycles. The highest BCUT2D eigenvalue weighted by atomic mass is 35.5. The lowest BCUT2D eigenvalue weighted by Crippen LogP contribution is -2.55. The van der Waals surface area contributed by atoms with Gasteiger partial charge in [-0.05, 0) is 51.1 Å². The zero-order chi connectivity index (χ0) is 17.3. The number of rotatable bonds is 4. The standard InChI is InChI=1S/C18H22N6O.2ClH/c1-13(16-22-14-5-2-3-6-15(14)23-16)21-17(25)18(7-10-19-11-8-18)24-12-4-9-20-24;;/h2-6,9,12-13,19H,7-8,10-11H2,1H3,(H,21,25)(H,22,23);2*1H. The Bertz CT molecular complexity index is 840. The van der Waals surface area contributed by atoms with Gasteiger partial charge in [-0.2, -0.15) is 5.10 Å². The van der Waals surface area contributed by atoms with E-state index in [0.29, 0.717) is 12.8 Å². The summed E-state index contributed by atoms with van der Waals surface area (Å²) in [6, 6.07) is 9.52. The molecule has 1 atom stereocenters. The van der Waals surface area contributed by atoms with Gasteiger partial charge in [0.15, 0.2) is 0 Å². The molecule has 27 heavy (non-hydrogen) atoms. The lowest BCUT2D eigenvalue weighted by molar-refractivity contribution is -0.132. The van der Waals surface area contributed by atoms with Gasteiger partial charge in [-0.1, -0.05) is 12.1 Å². The van der Waals surface area contributed by atoms with Crippen LogP contribution in [0, 0.1) is 0 Å². The Hall–Kier alpha value is -2.09. The molecule has 3 N–H and O–H groups in total. The van der Waals surface area contributed by atoms with E-state index < -0.39 is 5.54 Å². The second kappa shape index (κ2) is 8.73. The van der Waals surface area contributed by atoms with Crippen molar-refractivity contribution in [3.8, 4) is 0 Å². The summed E-state index contributed by atoms with van der Waals surface area (Å²) in [5.41, 5.74) is 1.24. The van der Waals surface area contributed by atoms with Gasteiger partial charge in [0, 0.05) is 12.4 Å². The maximum absolute atomic E-state index is 13.2. The molecule has 0 radical (unpaired) electrons. The minimum atomic E-state index is -0.644. The van der Waals surface area contributed by atoms with E-state index in [1.54, 1.807) is 10.9 Å². The molecule has 9 heteroatoms. The average molecular weight is 411 g/mol. The van der Waals surface area contributed by atoms with Crippen molar-refractivity contribution < 1.29 is 4.79 Å². The van der Waals surface area contributed by atoms with Crippen LogP contribution in [0.25, 0.3) is 11.0 Å². The van der Waals surface area contributed by atoms with Gasteiger partial charge in [-0.25, -0.2) is 4.98 Å². The first-order chi connectivity index (χ1) is 12.2. The maximum Gasteiger partial charge on any atom is 0.248 e. The van der Waals surface area contributed by atoms with E-state index in [4.69, 9.17) is 0 Å². The molecule has 1 unspecified atom stereocenters. The summed E-state index contributed by atoms with van der Waals surface area (Å²) in [5, 5.41) is 10.8. The third-order valence-corrected chi connectivity index (χ3v) is 4.96. The fraction of sp³-hybridized carbons (Fsp3) is 0.389. The molecule has 3 heterocycles. The fourth-order valence-corrected chi connectivity index (χ4v) is 3.50. The topological polar surface area (TPSA) is 87.6 Å². The first-order valence-electron chi connectivity index (χ1n) is 8.65. The lowest BCUT2D eigenvalue weighted by atomic mass is 9.87. The molecule has 2 aromatic heterocycles. The minimum Gasteiger partial charge on any atom is -0.344 e. The molecule has 4 rings (SSSR count). The Morgan fingerprint density at radius 3 is 2.63 bits per heavy atom. The molecule has 146 valence electrons. The van der Waals surface area contributed by atoms with Crippen molar-refractivity contribution >= 4 is 41.8 Å². The van der Waals surface area contributed by atoms with E-state index in [-0.39, 0.29) is 36.8 Å². The highest BCUT2D eigenvalue weighted by molar-refractivity contribution is 5.86. The van der Waals surface area contributed by atoms with E-state index in [1.165, 1.54) is 0 Å². The van der Waals surface area contributed by atoms with Crippen LogP contribution in [0.2, 0.25) is 0 Å². The van der Waals surface area contributed by atoms with Gasteiger partial charge in [-0.15, -0.1) is 24.8 Å². The molecule has 1 amide bonds. The Labute approximate surface area is 170 Å². The minimum absolute atomic E-state index is 0. The molecular weight excluding hydrogens is 387 g/mol. The van der Waals surface area contributed by atoms with Crippen LogP contribution in [-0.4, -0.2) is 38.7 Å². The Kier molecular flexibility index (Phi) is 6.86. The van der Waals surface area contributed by atoms with Crippen molar-refractivity contribution in [2.24, 2.45) is 0 Å². The molecule has 7 nitrogen and oxygen atoms in total. The number of hydrogen-bond donors (Lipinski definition) is 3. The van der Waals surface area contributed by atoms with E-state index in [0.717, 1.165) is 29.9 Å². The van der Waals surface area contributed by atoms with E-state index in [9.17, 15) is 4.79 Å². The number of nitrogens with zero attached hydrogens (tertiary/aromatic N) is 3. The zero-order valence-corrected chi connectivity index (χ0v) is 16.6. The number of aromatic nitrogens is 4. The number of imidazole rings is 1. The number of nitrogens with one attached hydrogen (secondary N) is 3. The number of benzene rings is 1. The second-order valence-corrected chi connectivity index (χ2v) is 6.57. The van der Waals surface area contributed by atoms with Crippen molar-refractivity contribution in [2.45, 2.75) is 31.3 Å². The number of para-hydroxylation sites is 2. The molecule has 0 aliphatic carbocycles. The summed E-state index contributed by atoms with van der Waals surface area (Å²) in [6.45, 7) is 3.55. The lowest BCUT2D eigenvalue weighted by Gasteiger charge is -2.37. The van der Waals surface area contributed by atoms with Gasteiger partial charge in [0.2, 0.25) is 5.91 Å². The molecule has 1 saturated heterocycles. The number of piperidine rings is 1. The predicted octanol–water partition coefficient (Wildman–Crippen LogP) is 2.56. The van der Waals surface area contributed by atoms with Gasteiger partial charge < -0.3 is 15.6 Å². The van der Waals surface area contributed by atoms with Gasteiger partial charge >= 0.3 is 0 Å². The SMILES string of the molecule is CC(NC(=O)C1(n2cccn2)CCNCC1)c1nc2ccccc2[nH]1.Cl.Cl. The van der Waals surface area contributed by atoms with Crippen LogP contribution in [0.3, 0.4) is 0 Å². The normalized spacial score (nSPS) is 16.8. The van der Waals surface area contributed by atoms with Crippen LogP contribution < -0.4 is 10.6 Å². The molecule has 0 spiro atoms. The van der Waals surface area contributed by atoms with Crippen LogP contribution in [-0.2, 0) is 10.3 Å². The van der Waals surface area contributed by atoms with Crippen molar-refractivity contribution in [1.29, 1.82) is 0 Å². The van der Waals surface area contributed by atoms with E-state index in [2.05, 4.69) is 25.7 Å². The van der Waals surface area contributed by atoms with Gasteiger partial charge in [0.25, 0.3) is 0 Å². The fourth-order valence-electron chi connectivity index (χ4n) is 3.50. The van der Waals surface area contributed by atoms with Crippen LogP contribution >= 0.6 is 24.8 Å². The number of H-pyrrole nitrogens is 1. The number of carbonyl (C=O) groups excluding carboxylic acids is 1. The monoisotopic (exact) mass is 410 g/mol. The zero-order valence-electron chi connectivity index (χ0n) is 15.0. The smallest absolute Gasteiger partial charge is 0.248 e.